The third-order valence-corrected chi connectivity index (χ3v) is 5.18. The van der Waals surface area contributed by atoms with Gasteiger partial charge in [0.15, 0.2) is 0 Å². The highest BCUT2D eigenvalue weighted by molar-refractivity contribution is 7.89. The Bertz CT molecular complexity index is 690. The molecule has 2 rings (SSSR count). The lowest BCUT2D eigenvalue weighted by Crippen LogP contribution is -2.32. The lowest BCUT2D eigenvalue weighted by Gasteiger charge is -2.17. The highest BCUT2D eigenvalue weighted by Gasteiger charge is 2.20. The highest BCUT2D eigenvalue weighted by Crippen LogP contribution is 2.23. The molecule has 0 heterocycles. The monoisotopic (exact) mass is 340 g/mol. The molecule has 0 aliphatic carbocycles. The topological polar surface area (TPSA) is 49.4 Å². The third-order valence-electron chi connectivity index (χ3n) is 3.33. The van der Waals surface area contributed by atoms with E-state index in [1.165, 1.54) is 4.31 Å². The van der Waals surface area contributed by atoms with Crippen molar-refractivity contribution >= 4 is 22.4 Å². The summed E-state index contributed by atoms with van der Waals surface area (Å²) in [6.45, 7) is 1.06. The van der Waals surface area contributed by atoms with Crippen LogP contribution in [0.3, 0.4) is 0 Å². The molecule has 6 heteroatoms. The van der Waals surface area contributed by atoms with Crippen molar-refractivity contribution in [3.8, 4) is 11.1 Å². The quantitative estimate of drug-likeness (QED) is 0.879. The van der Waals surface area contributed by atoms with Crippen molar-refractivity contribution in [1.82, 2.24) is 9.62 Å². The van der Waals surface area contributed by atoms with E-state index in [1.54, 1.807) is 32.3 Å². The normalized spacial score (nSPS) is 11.2. The predicted molar refractivity (Wildman–Crippen MR) is 92.9 cm³/mol. The Hall–Kier alpha value is -1.40. The lowest BCUT2D eigenvalue weighted by atomic mass is 10.1. The molecule has 0 amide bonds. The second kappa shape index (κ2) is 8.29. The van der Waals surface area contributed by atoms with E-state index >= 15 is 0 Å². The van der Waals surface area contributed by atoms with Gasteiger partial charge in [0.25, 0.3) is 0 Å². The van der Waals surface area contributed by atoms with Crippen LogP contribution >= 0.6 is 12.4 Å². The van der Waals surface area contributed by atoms with Crippen molar-refractivity contribution in [1.29, 1.82) is 0 Å². The van der Waals surface area contributed by atoms with Gasteiger partial charge in [0.1, 0.15) is 0 Å². The molecule has 2 aromatic rings. The molecule has 0 unspecified atom stereocenters. The van der Waals surface area contributed by atoms with Gasteiger partial charge in [-0.25, -0.2) is 8.42 Å². The summed E-state index contributed by atoms with van der Waals surface area (Å²) in [5.74, 6) is 0. The molecule has 0 atom stereocenters. The van der Waals surface area contributed by atoms with Crippen molar-refractivity contribution in [3.05, 3.63) is 54.6 Å². The van der Waals surface area contributed by atoms with Crippen LogP contribution in [0.2, 0.25) is 0 Å². The maximum absolute atomic E-state index is 12.5. The van der Waals surface area contributed by atoms with Gasteiger partial charge in [-0.3, -0.25) is 0 Å². The molecule has 0 fully saturated rings. The number of benzene rings is 2. The average Bonchev–Trinajstić information content (AvgIpc) is 2.53. The number of halogens is 1. The zero-order valence-electron chi connectivity index (χ0n) is 12.7. The van der Waals surface area contributed by atoms with Crippen molar-refractivity contribution in [2.24, 2.45) is 0 Å². The standard InChI is InChI=1S/C16H20N2O2S.ClH/c1-17-11-12-18(2)21(19,20)16-10-6-9-15(13-16)14-7-4-3-5-8-14;/h3-10,13,17H,11-12H2,1-2H3;1H. The fourth-order valence-electron chi connectivity index (χ4n) is 2.04. The molecule has 0 saturated heterocycles. The van der Waals surface area contributed by atoms with Gasteiger partial charge in [-0.1, -0.05) is 42.5 Å². The third kappa shape index (κ3) is 4.30. The number of hydrogen-bond acceptors (Lipinski definition) is 3. The maximum atomic E-state index is 12.5. The Morgan fingerprint density at radius 3 is 2.27 bits per heavy atom. The second-order valence-corrected chi connectivity index (χ2v) is 6.87. The van der Waals surface area contributed by atoms with Crippen LogP contribution in [0.4, 0.5) is 0 Å². The first-order valence-corrected chi connectivity index (χ1v) is 8.26. The summed E-state index contributed by atoms with van der Waals surface area (Å²) in [4.78, 5) is 0.322. The van der Waals surface area contributed by atoms with Gasteiger partial charge in [0, 0.05) is 20.1 Å². The number of hydrogen-bond donors (Lipinski definition) is 1. The van der Waals surface area contributed by atoms with E-state index in [9.17, 15) is 8.42 Å². The maximum Gasteiger partial charge on any atom is 0.242 e. The van der Waals surface area contributed by atoms with Gasteiger partial charge >= 0.3 is 0 Å². The van der Waals surface area contributed by atoms with Gasteiger partial charge < -0.3 is 5.32 Å². The summed E-state index contributed by atoms with van der Waals surface area (Å²) in [6.07, 6.45) is 0. The summed E-state index contributed by atoms with van der Waals surface area (Å²) in [7, 11) is -0.0473. The highest BCUT2D eigenvalue weighted by atomic mass is 35.5. The summed E-state index contributed by atoms with van der Waals surface area (Å²) >= 11 is 0. The molecular weight excluding hydrogens is 320 g/mol. The smallest absolute Gasteiger partial charge is 0.242 e. The summed E-state index contributed by atoms with van der Waals surface area (Å²) in [5, 5.41) is 2.95. The lowest BCUT2D eigenvalue weighted by molar-refractivity contribution is 0.466. The van der Waals surface area contributed by atoms with Crippen LogP contribution in [-0.4, -0.2) is 39.9 Å². The van der Waals surface area contributed by atoms with Gasteiger partial charge in [-0.15, -0.1) is 12.4 Å². The van der Waals surface area contributed by atoms with Gasteiger partial charge in [0.05, 0.1) is 4.90 Å². The van der Waals surface area contributed by atoms with Crippen LogP contribution in [0.5, 0.6) is 0 Å². The van der Waals surface area contributed by atoms with Crippen molar-refractivity contribution < 1.29 is 8.42 Å². The molecule has 0 radical (unpaired) electrons. The first kappa shape index (κ1) is 18.6. The van der Waals surface area contributed by atoms with E-state index in [0.717, 1.165) is 11.1 Å². The van der Waals surface area contributed by atoms with Crippen molar-refractivity contribution in [2.75, 3.05) is 27.2 Å². The van der Waals surface area contributed by atoms with E-state index in [2.05, 4.69) is 5.32 Å². The Kier molecular flexibility index (Phi) is 7.03. The van der Waals surface area contributed by atoms with E-state index in [0.29, 0.717) is 18.0 Å². The SMILES string of the molecule is CNCCN(C)S(=O)(=O)c1cccc(-c2ccccc2)c1.Cl. The van der Waals surface area contributed by atoms with Crippen LogP contribution in [0.25, 0.3) is 11.1 Å². The second-order valence-electron chi connectivity index (χ2n) is 4.82. The molecule has 22 heavy (non-hydrogen) atoms. The minimum atomic E-state index is -3.45. The Balaban J connectivity index is 0.00000242. The Morgan fingerprint density at radius 1 is 1.00 bits per heavy atom. The first-order valence-electron chi connectivity index (χ1n) is 6.82. The molecule has 0 aliphatic rings. The van der Waals surface area contributed by atoms with E-state index in [4.69, 9.17) is 0 Å². The molecule has 0 aliphatic heterocycles. The summed E-state index contributed by atoms with van der Waals surface area (Å²) in [6, 6.07) is 16.8. The minimum Gasteiger partial charge on any atom is -0.318 e. The number of rotatable bonds is 6. The number of sulfonamides is 1. The molecule has 120 valence electrons. The zero-order valence-corrected chi connectivity index (χ0v) is 14.3. The first-order chi connectivity index (χ1) is 10.1. The van der Waals surface area contributed by atoms with E-state index < -0.39 is 10.0 Å². The van der Waals surface area contributed by atoms with Crippen molar-refractivity contribution in [2.45, 2.75) is 4.90 Å². The molecule has 0 bridgehead atoms. The van der Waals surface area contributed by atoms with Gasteiger partial charge in [0.2, 0.25) is 10.0 Å². The van der Waals surface area contributed by atoms with Gasteiger partial charge in [-0.05, 0) is 30.3 Å². The molecular formula is C16H21ClN2O2S. The minimum absolute atomic E-state index is 0. The molecule has 0 spiro atoms. The summed E-state index contributed by atoms with van der Waals surface area (Å²) < 4.78 is 26.4. The van der Waals surface area contributed by atoms with Gasteiger partial charge in [-0.2, -0.15) is 4.31 Å². The van der Waals surface area contributed by atoms with E-state index in [1.807, 2.05) is 36.4 Å². The number of nitrogens with one attached hydrogen (secondary N) is 1. The van der Waals surface area contributed by atoms with E-state index in [-0.39, 0.29) is 12.4 Å². The zero-order chi connectivity index (χ0) is 15.3. The largest absolute Gasteiger partial charge is 0.318 e. The fraction of sp³-hybridized carbons (Fsp3) is 0.250. The molecule has 1 N–H and O–H groups in total. The summed E-state index contributed by atoms with van der Waals surface area (Å²) in [5.41, 5.74) is 1.91. The van der Waals surface area contributed by atoms with Crippen LogP contribution in [0, 0.1) is 0 Å². The molecule has 4 nitrogen and oxygen atoms in total. The average molecular weight is 341 g/mol. The number of nitrogens with zero attached hydrogens (tertiary/aromatic N) is 1. The van der Waals surface area contributed by atoms with Crippen LogP contribution in [0.15, 0.2) is 59.5 Å². The molecule has 2 aromatic carbocycles. The fourth-order valence-corrected chi connectivity index (χ4v) is 3.25. The number of likely N-dealkylation sites (N-methyl/N-ethyl adjacent to an activating group) is 2. The van der Waals surface area contributed by atoms with Crippen molar-refractivity contribution in [3.63, 3.8) is 0 Å². The predicted octanol–water partition coefficient (Wildman–Crippen LogP) is 2.62. The van der Waals surface area contributed by atoms with Crippen LogP contribution in [0.1, 0.15) is 0 Å². The Morgan fingerprint density at radius 2 is 1.64 bits per heavy atom. The van der Waals surface area contributed by atoms with Crippen LogP contribution in [-0.2, 0) is 10.0 Å². The van der Waals surface area contributed by atoms with Crippen LogP contribution < -0.4 is 5.32 Å². The molecule has 0 aromatic heterocycles. The molecule has 0 saturated carbocycles. The Labute approximate surface area is 138 Å².